The van der Waals surface area contributed by atoms with E-state index in [2.05, 4.69) is 35.4 Å². The molecule has 0 atom stereocenters. The highest BCUT2D eigenvalue weighted by molar-refractivity contribution is 7.18. The summed E-state index contributed by atoms with van der Waals surface area (Å²) < 4.78 is 1.29. The molecule has 2 nitrogen and oxygen atoms in total. The van der Waals surface area contributed by atoms with Crippen LogP contribution in [0.25, 0.3) is 10.2 Å². The highest BCUT2D eigenvalue weighted by Gasteiger charge is 2.12. The quantitative estimate of drug-likeness (QED) is 0.872. The topological polar surface area (TPSA) is 24.9 Å². The van der Waals surface area contributed by atoms with Gasteiger partial charge in [-0.15, -0.1) is 11.3 Å². The van der Waals surface area contributed by atoms with Gasteiger partial charge in [-0.2, -0.15) is 0 Å². The van der Waals surface area contributed by atoms with E-state index in [1.165, 1.54) is 42.5 Å². The standard InChI is InChI=1S/C15H20N2S/c1-11-17-14-8-7-13(9-15(14)18-11)16-10-12-5-3-2-4-6-12/h7-9,12,16H,2-6,10H2,1H3. The van der Waals surface area contributed by atoms with E-state index in [4.69, 9.17) is 0 Å². The Hall–Kier alpha value is -1.09. The van der Waals surface area contributed by atoms with Gasteiger partial charge in [-0.25, -0.2) is 4.98 Å². The van der Waals surface area contributed by atoms with E-state index in [9.17, 15) is 0 Å². The summed E-state index contributed by atoms with van der Waals surface area (Å²) in [7, 11) is 0. The largest absolute Gasteiger partial charge is 0.385 e. The zero-order valence-electron chi connectivity index (χ0n) is 10.9. The molecule has 0 radical (unpaired) electrons. The molecule has 1 N–H and O–H groups in total. The molecule has 0 amide bonds. The van der Waals surface area contributed by atoms with Gasteiger partial charge in [0.25, 0.3) is 0 Å². The fourth-order valence-electron chi connectivity index (χ4n) is 2.80. The van der Waals surface area contributed by atoms with E-state index < -0.39 is 0 Å². The zero-order chi connectivity index (χ0) is 12.4. The molecule has 96 valence electrons. The first-order valence-electron chi connectivity index (χ1n) is 6.92. The van der Waals surface area contributed by atoms with Crippen molar-refractivity contribution >= 4 is 27.2 Å². The molecule has 1 saturated carbocycles. The Morgan fingerprint density at radius 2 is 2.11 bits per heavy atom. The van der Waals surface area contributed by atoms with Gasteiger partial charge in [0, 0.05) is 12.2 Å². The van der Waals surface area contributed by atoms with Crippen LogP contribution in [0.15, 0.2) is 18.2 Å². The van der Waals surface area contributed by atoms with Gasteiger partial charge in [-0.3, -0.25) is 0 Å². The fraction of sp³-hybridized carbons (Fsp3) is 0.533. The first kappa shape index (κ1) is 12.0. The Balaban J connectivity index is 1.66. The first-order chi connectivity index (χ1) is 8.81. The summed E-state index contributed by atoms with van der Waals surface area (Å²) in [5, 5.41) is 4.74. The van der Waals surface area contributed by atoms with Crippen LogP contribution in [0.1, 0.15) is 37.1 Å². The van der Waals surface area contributed by atoms with E-state index in [1.54, 1.807) is 11.3 Å². The van der Waals surface area contributed by atoms with Crippen molar-refractivity contribution in [1.82, 2.24) is 4.98 Å². The van der Waals surface area contributed by atoms with Crippen LogP contribution in [-0.4, -0.2) is 11.5 Å². The highest BCUT2D eigenvalue weighted by atomic mass is 32.1. The molecule has 3 heteroatoms. The smallest absolute Gasteiger partial charge is 0.0907 e. The molecule has 1 fully saturated rings. The Kier molecular flexibility index (Phi) is 3.50. The third-order valence-corrected chi connectivity index (χ3v) is 4.75. The average Bonchev–Trinajstić information content (AvgIpc) is 2.77. The number of nitrogens with zero attached hydrogens (tertiary/aromatic N) is 1. The zero-order valence-corrected chi connectivity index (χ0v) is 11.7. The molecule has 3 rings (SSSR count). The lowest BCUT2D eigenvalue weighted by Crippen LogP contribution is -2.16. The number of hydrogen-bond donors (Lipinski definition) is 1. The molecule has 1 aromatic heterocycles. The molecule has 0 unspecified atom stereocenters. The van der Waals surface area contributed by atoms with Crippen molar-refractivity contribution in [3.05, 3.63) is 23.2 Å². The maximum atomic E-state index is 4.49. The summed E-state index contributed by atoms with van der Waals surface area (Å²) in [6.07, 6.45) is 7.06. The molecule has 1 aliphatic rings. The van der Waals surface area contributed by atoms with Crippen LogP contribution in [0.4, 0.5) is 5.69 Å². The van der Waals surface area contributed by atoms with Crippen molar-refractivity contribution in [1.29, 1.82) is 0 Å². The molecule has 0 spiro atoms. The van der Waals surface area contributed by atoms with Crippen molar-refractivity contribution < 1.29 is 0 Å². The fourth-order valence-corrected chi connectivity index (χ4v) is 3.67. The van der Waals surface area contributed by atoms with Crippen LogP contribution in [0.5, 0.6) is 0 Å². The van der Waals surface area contributed by atoms with Crippen LogP contribution >= 0.6 is 11.3 Å². The predicted octanol–water partition coefficient (Wildman–Crippen LogP) is 4.60. The lowest BCUT2D eigenvalue weighted by atomic mass is 9.89. The van der Waals surface area contributed by atoms with E-state index in [0.717, 1.165) is 23.0 Å². The van der Waals surface area contributed by atoms with Gasteiger partial charge in [-0.1, -0.05) is 19.3 Å². The molecule has 1 aromatic carbocycles. The normalized spacial score (nSPS) is 17.2. The van der Waals surface area contributed by atoms with Crippen molar-refractivity contribution in [2.24, 2.45) is 5.92 Å². The molecule has 0 bridgehead atoms. The minimum absolute atomic E-state index is 0.873. The molecular weight excluding hydrogens is 240 g/mol. The van der Waals surface area contributed by atoms with Gasteiger partial charge in [0.1, 0.15) is 0 Å². The van der Waals surface area contributed by atoms with Gasteiger partial charge in [-0.05, 0) is 43.9 Å². The van der Waals surface area contributed by atoms with Crippen LogP contribution in [-0.2, 0) is 0 Å². The van der Waals surface area contributed by atoms with Crippen molar-refractivity contribution in [3.63, 3.8) is 0 Å². The third-order valence-electron chi connectivity index (χ3n) is 3.81. The number of hydrogen-bond acceptors (Lipinski definition) is 3. The van der Waals surface area contributed by atoms with E-state index in [0.29, 0.717) is 0 Å². The maximum Gasteiger partial charge on any atom is 0.0907 e. The van der Waals surface area contributed by atoms with Crippen molar-refractivity contribution in [3.8, 4) is 0 Å². The van der Waals surface area contributed by atoms with E-state index in [1.807, 2.05) is 0 Å². The van der Waals surface area contributed by atoms with Crippen molar-refractivity contribution in [2.75, 3.05) is 11.9 Å². The summed E-state index contributed by atoms with van der Waals surface area (Å²) >= 11 is 1.78. The predicted molar refractivity (Wildman–Crippen MR) is 79.4 cm³/mol. The number of aryl methyl sites for hydroxylation is 1. The SMILES string of the molecule is Cc1nc2ccc(NCC3CCCCC3)cc2s1. The summed E-state index contributed by atoms with van der Waals surface area (Å²) in [5.74, 6) is 0.873. The molecular formula is C15H20N2S. The maximum absolute atomic E-state index is 4.49. The second-order valence-electron chi connectivity index (χ2n) is 5.30. The number of rotatable bonds is 3. The molecule has 2 aromatic rings. The monoisotopic (exact) mass is 260 g/mol. The summed E-state index contributed by atoms with van der Waals surface area (Å²) in [6.45, 7) is 3.20. The van der Waals surface area contributed by atoms with Gasteiger partial charge < -0.3 is 5.32 Å². The number of aromatic nitrogens is 1. The summed E-state index contributed by atoms with van der Waals surface area (Å²) in [4.78, 5) is 4.49. The van der Waals surface area contributed by atoms with Gasteiger partial charge in [0.2, 0.25) is 0 Å². The minimum atomic E-state index is 0.873. The molecule has 1 heterocycles. The van der Waals surface area contributed by atoms with Crippen molar-refractivity contribution in [2.45, 2.75) is 39.0 Å². The van der Waals surface area contributed by atoms with Gasteiger partial charge in [0.05, 0.1) is 15.2 Å². The molecule has 0 aliphatic heterocycles. The number of anilines is 1. The minimum Gasteiger partial charge on any atom is -0.385 e. The number of fused-ring (bicyclic) bond motifs is 1. The number of benzene rings is 1. The van der Waals surface area contributed by atoms with Crippen LogP contribution in [0.2, 0.25) is 0 Å². The Morgan fingerprint density at radius 3 is 2.94 bits per heavy atom. The Bertz CT molecular complexity index is 526. The van der Waals surface area contributed by atoms with Gasteiger partial charge >= 0.3 is 0 Å². The van der Waals surface area contributed by atoms with Crippen LogP contribution in [0, 0.1) is 12.8 Å². The lowest BCUT2D eigenvalue weighted by Gasteiger charge is -2.22. The molecule has 1 aliphatic carbocycles. The lowest BCUT2D eigenvalue weighted by molar-refractivity contribution is 0.373. The second kappa shape index (κ2) is 5.27. The summed E-state index contributed by atoms with van der Waals surface area (Å²) in [6, 6.07) is 6.52. The average molecular weight is 260 g/mol. The van der Waals surface area contributed by atoms with Crippen LogP contribution in [0.3, 0.4) is 0 Å². The molecule has 0 saturated heterocycles. The Labute approximate surface area is 112 Å². The van der Waals surface area contributed by atoms with Crippen LogP contribution < -0.4 is 5.32 Å². The van der Waals surface area contributed by atoms with E-state index in [-0.39, 0.29) is 0 Å². The molecule has 18 heavy (non-hydrogen) atoms. The number of nitrogens with one attached hydrogen (secondary N) is 1. The third kappa shape index (κ3) is 2.66. The van der Waals surface area contributed by atoms with E-state index >= 15 is 0 Å². The Morgan fingerprint density at radius 1 is 1.28 bits per heavy atom. The number of thiazole rings is 1. The highest BCUT2D eigenvalue weighted by Crippen LogP contribution is 2.27. The summed E-state index contributed by atoms with van der Waals surface area (Å²) in [5.41, 5.74) is 2.37. The second-order valence-corrected chi connectivity index (χ2v) is 6.54. The van der Waals surface area contributed by atoms with Gasteiger partial charge in [0.15, 0.2) is 0 Å². The first-order valence-corrected chi connectivity index (χ1v) is 7.74.